The highest BCUT2D eigenvalue weighted by molar-refractivity contribution is 5.96. The molecule has 238 valence electrons. The number of ether oxygens (including phenoxy) is 3. The SMILES string of the molecule is COCCCOc1ccccc1C(=O)NC[C@@H](C[C@H](N)[C@@H](O)C[C@@H](C)C(=O)NCCN1CCOCC1)C(C)C.Cl.Cl. The average molecular weight is 624 g/mol. The van der Waals surface area contributed by atoms with Gasteiger partial charge in [0.1, 0.15) is 5.75 Å². The van der Waals surface area contributed by atoms with Crippen molar-refractivity contribution in [2.45, 2.75) is 52.2 Å². The molecule has 4 atom stereocenters. The van der Waals surface area contributed by atoms with E-state index in [1.807, 2.05) is 19.1 Å². The third-order valence-corrected chi connectivity index (χ3v) is 7.29. The number of amides is 2. The van der Waals surface area contributed by atoms with Crippen LogP contribution in [0.15, 0.2) is 24.3 Å². The molecule has 1 aromatic rings. The van der Waals surface area contributed by atoms with Gasteiger partial charge >= 0.3 is 0 Å². The molecule has 1 fully saturated rings. The Labute approximate surface area is 258 Å². The highest BCUT2D eigenvalue weighted by Gasteiger charge is 2.26. The smallest absolute Gasteiger partial charge is 0.255 e. The standard InChI is InChI=1S/C29H50N4O6.2ClH/c1-21(2)23(20-32-29(36)24-8-5-6-9-27(24)39-15-7-14-37-4)19-25(30)26(34)18-22(3)28(35)31-10-11-33-12-16-38-17-13-33;;/h5-6,8-9,21-23,25-26,34H,7,10-20,30H2,1-4H3,(H,31,35)(H,32,36);2*1H/t22-,23-,25+,26+;;/m1../s1. The minimum atomic E-state index is -0.817. The Morgan fingerprint density at radius 2 is 1.76 bits per heavy atom. The number of carbonyl (C=O) groups excluding carboxylic acids is 2. The highest BCUT2D eigenvalue weighted by Crippen LogP contribution is 2.22. The number of nitrogens with one attached hydrogen (secondary N) is 2. The second-order valence-electron chi connectivity index (χ2n) is 10.8. The first kappa shape index (κ1) is 39.3. The zero-order valence-electron chi connectivity index (χ0n) is 25.0. The summed E-state index contributed by atoms with van der Waals surface area (Å²) in [4.78, 5) is 27.8. The van der Waals surface area contributed by atoms with E-state index in [9.17, 15) is 14.7 Å². The van der Waals surface area contributed by atoms with Crippen molar-refractivity contribution < 1.29 is 28.9 Å². The summed E-state index contributed by atoms with van der Waals surface area (Å²) >= 11 is 0. The van der Waals surface area contributed by atoms with Crippen molar-refractivity contribution in [3.05, 3.63) is 29.8 Å². The van der Waals surface area contributed by atoms with Gasteiger partial charge in [-0.1, -0.05) is 32.9 Å². The number of rotatable bonds is 18. The number of nitrogens with zero attached hydrogens (tertiary/aromatic N) is 1. The van der Waals surface area contributed by atoms with E-state index in [0.717, 1.165) is 39.3 Å². The van der Waals surface area contributed by atoms with Crippen LogP contribution in [-0.4, -0.2) is 100 Å². The maximum Gasteiger partial charge on any atom is 0.255 e. The monoisotopic (exact) mass is 622 g/mol. The predicted molar refractivity (Wildman–Crippen MR) is 166 cm³/mol. The van der Waals surface area contributed by atoms with Gasteiger partial charge in [-0.05, 0) is 36.8 Å². The van der Waals surface area contributed by atoms with Crippen molar-refractivity contribution in [2.24, 2.45) is 23.5 Å². The Morgan fingerprint density at radius 3 is 2.41 bits per heavy atom. The summed E-state index contributed by atoms with van der Waals surface area (Å²) in [6, 6.07) is 6.67. The van der Waals surface area contributed by atoms with Gasteiger partial charge < -0.3 is 35.7 Å². The van der Waals surface area contributed by atoms with Gasteiger partial charge in [-0.2, -0.15) is 0 Å². The van der Waals surface area contributed by atoms with Crippen molar-refractivity contribution >= 4 is 36.6 Å². The first-order chi connectivity index (χ1) is 18.7. The lowest BCUT2D eigenvalue weighted by Gasteiger charge is -2.29. The van der Waals surface area contributed by atoms with Gasteiger partial charge in [0.05, 0.1) is 31.5 Å². The lowest BCUT2D eigenvalue weighted by Crippen LogP contribution is -2.44. The van der Waals surface area contributed by atoms with Crippen LogP contribution in [0.1, 0.15) is 50.4 Å². The van der Waals surface area contributed by atoms with E-state index in [4.69, 9.17) is 19.9 Å². The summed E-state index contributed by atoms with van der Waals surface area (Å²) in [7, 11) is 1.64. The Kier molecular flexibility index (Phi) is 21.1. The number of hydrogen-bond donors (Lipinski definition) is 4. The van der Waals surface area contributed by atoms with Gasteiger partial charge in [-0.3, -0.25) is 14.5 Å². The third kappa shape index (κ3) is 14.9. The number of aliphatic hydroxyl groups is 1. The maximum absolute atomic E-state index is 13.0. The Morgan fingerprint density at radius 1 is 1.07 bits per heavy atom. The summed E-state index contributed by atoms with van der Waals surface area (Å²) in [5, 5.41) is 16.8. The van der Waals surface area contributed by atoms with E-state index < -0.39 is 12.1 Å². The second kappa shape index (κ2) is 22.0. The van der Waals surface area contributed by atoms with Crippen LogP contribution in [0, 0.1) is 17.8 Å². The van der Waals surface area contributed by atoms with Crippen molar-refractivity contribution in [1.29, 1.82) is 0 Å². The number of hydrogen-bond acceptors (Lipinski definition) is 8. The molecule has 1 aliphatic rings. The summed E-state index contributed by atoms with van der Waals surface area (Å²) in [5.74, 6) is 0.200. The van der Waals surface area contributed by atoms with Crippen molar-refractivity contribution in [3.63, 3.8) is 0 Å². The fourth-order valence-electron chi connectivity index (χ4n) is 4.56. The van der Waals surface area contributed by atoms with Crippen LogP contribution in [0.25, 0.3) is 0 Å². The van der Waals surface area contributed by atoms with E-state index >= 15 is 0 Å². The number of morpholine rings is 1. The molecule has 2 amide bonds. The number of carbonyl (C=O) groups is 2. The van der Waals surface area contributed by atoms with Crippen molar-refractivity contribution in [1.82, 2.24) is 15.5 Å². The molecule has 0 spiro atoms. The molecule has 5 N–H and O–H groups in total. The molecule has 0 unspecified atom stereocenters. The van der Waals surface area contributed by atoms with Gasteiger partial charge in [-0.15, -0.1) is 24.8 Å². The van der Waals surface area contributed by atoms with Crippen molar-refractivity contribution in [2.75, 3.05) is 66.3 Å². The number of nitrogens with two attached hydrogens (primary N) is 1. The minimum absolute atomic E-state index is 0. The molecule has 1 heterocycles. The molecule has 2 rings (SSSR count). The molecule has 10 nitrogen and oxygen atoms in total. The number of aliphatic hydroxyl groups excluding tert-OH is 1. The maximum atomic E-state index is 13.0. The van der Waals surface area contributed by atoms with Crippen LogP contribution in [0.2, 0.25) is 0 Å². The van der Waals surface area contributed by atoms with Crippen LogP contribution in [0.3, 0.4) is 0 Å². The Hall–Kier alpha value is -1.66. The van der Waals surface area contributed by atoms with Gasteiger partial charge in [-0.25, -0.2) is 0 Å². The van der Waals surface area contributed by atoms with Crippen LogP contribution in [0.4, 0.5) is 0 Å². The van der Waals surface area contributed by atoms with E-state index in [0.29, 0.717) is 44.0 Å². The highest BCUT2D eigenvalue weighted by atomic mass is 35.5. The zero-order valence-corrected chi connectivity index (χ0v) is 26.6. The summed E-state index contributed by atoms with van der Waals surface area (Å²) in [6.45, 7) is 12.0. The Bertz CT molecular complexity index is 860. The molecule has 0 aliphatic carbocycles. The molecule has 1 aliphatic heterocycles. The van der Waals surface area contributed by atoms with E-state index in [1.54, 1.807) is 19.2 Å². The molecular formula is C29H52Cl2N4O6. The molecule has 12 heteroatoms. The largest absolute Gasteiger partial charge is 0.493 e. The van der Waals surface area contributed by atoms with Crippen molar-refractivity contribution in [3.8, 4) is 5.75 Å². The second-order valence-corrected chi connectivity index (χ2v) is 10.8. The van der Waals surface area contributed by atoms with Crippen LogP contribution >= 0.6 is 24.8 Å². The third-order valence-electron chi connectivity index (χ3n) is 7.29. The lowest BCUT2D eigenvalue weighted by atomic mass is 9.86. The van der Waals surface area contributed by atoms with E-state index in [1.165, 1.54) is 0 Å². The normalized spacial score (nSPS) is 16.5. The number of methoxy groups -OCH3 is 1. The fraction of sp³-hybridized carbons (Fsp3) is 0.724. The van der Waals surface area contributed by atoms with E-state index in [2.05, 4.69) is 29.4 Å². The topological polar surface area (TPSA) is 135 Å². The van der Waals surface area contributed by atoms with Gasteiger partial charge in [0.2, 0.25) is 5.91 Å². The molecular weight excluding hydrogens is 571 g/mol. The number of benzene rings is 1. The van der Waals surface area contributed by atoms with Gasteiger partial charge in [0.15, 0.2) is 0 Å². The van der Waals surface area contributed by atoms with E-state index in [-0.39, 0.29) is 60.8 Å². The van der Waals surface area contributed by atoms with Crippen LogP contribution in [0.5, 0.6) is 5.75 Å². The molecule has 0 aromatic heterocycles. The first-order valence-corrected chi connectivity index (χ1v) is 14.2. The molecule has 1 aromatic carbocycles. The minimum Gasteiger partial charge on any atom is -0.493 e. The van der Waals surface area contributed by atoms with Gasteiger partial charge in [0, 0.05) is 64.8 Å². The first-order valence-electron chi connectivity index (χ1n) is 14.2. The summed E-state index contributed by atoms with van der Waals surface area (Å²) < 4.78 is 16.2. The molecule has 0 bridgehead atoms. The molecule has 0 radical (unpaired) electrons. The van der Waals surface area contributed by atoms with Gasteiger partial charge in [0.25, 0.3) is 5.91 Å². The Balaban J connectivity index is 0.00000800. The molecule has 0 saturated carbocycles. The van der Waals surface area contributed by atoms with Crippen LogP contribution in [-0.2, 0) is 14.3 Å². The fourth-order valence-corrected chi connectivity index (χ4v) is 4.56. The lowest BCUT2D eigenvalue weighted by molar-refractivity contribution is -0.125. The quantitative estimate of drug-likeness (QED) is 0.183. The molecule has 41 heavy (non-hydrogen) atoms. The number of para-hydroxylation sites is 1. The average Bonchev–Trinajstić information content (AvgIpc) is 2.93. The summed E-state index contributed by atoms with van der Waals surface area (Å²) in [5.41, 5.74) is 6.86. The van der Waals surface area contributed by atoms with Crippen LogP contribution < -0.4 is 21.1 Å². The number of halogens is 2. The predicted octanol–water partition coefficient (Wildman–Crippen LogP) is 2.50. The zero-order chi connectivity index (χ0) is 28.6. The molecule has 1 saturated heterocycles. The summed E-state index contributed by atoms with van der Waals surface area (Å²) in [6.07, 6.45) is 0.731.